The Bertz CT molecular complexity index is 3840. The molecule has 0 amide bonds. The average molecular weight is 816 g/mol. The fraction of sp³-hybridized carbons (Fsp3) is 0.0492. The van der Waals surface area contributed by atoms with Crippen molar-refractivity contribution in [1.29, 1.82) is 0 Å². The van der Waals surface area contributed by atoms with Crippen LogP contribution >= 0.6 is 0 Å². The van der Waals surface area contributed by atoms with Gasteiger partial charge >= 0.3 is 0 Å². The third-order valence-corrected chi connectivity index (χ3v) is 13.8. The molecule has 10 aromatic carbocycles. The smallest absolute Gasteiger partial charge is 0.160 e. The zero-order valence-corrected chi connectivity index (χ0v) is 35.5. The third kappa shape index (κ3) is 5.47. The van der Waals surface area contributed by atoms with Gasteiger partial charge in [0.05, 0.1) is 22.2 Å². The molecular weight excluding hydrogens is 775 g/mol. The van der Waals surface area contributed by atoms with E-state index in [1.165, 1.54) is 76.8 Å². The lowest BCUT2D eigenvalue weighted by Crippen LogP contribution is -2.15. The first kappa shape index (κ1) is 36.5. The maximum atomic E-state index is 5.53. The van der Waals surface area contributed by atoms with Crippen molar-refractivity contribution in [2.75, 3.05) is 0 Å². The minimum atomic E-state index is -0.136. The lowest BCUT2D eigenvalue weighted by atomic mass is 9.82. The van der Waals surface area contributed by atoms with E-state index in [2.05, 4.69) is 231 Å². The summed E-state index contributed by atoms with van der Waals surface area (Å²) in [6.45, 7) is 4.65. The molecule has 0 unspecified atom stereocenters. The highest BCUT2D eigenvalue weighted by Gasteiger charge is 2.35. The largest absolute Gasteiger partial charge is 0.309 e. The highest BCUT2D eigenvalue weighted by Crippen LogP contribution is 2.50. The molecule has 0 saturated heterocycles. The Balaban J connectivity index is 1.07. The van der Waals surface area contributed by atoms with Gasteiger partial charge in [-0.1, -0.05) is 190 Å². The lowest BCUT2D eigenvalue weighted by Gasteiger charge is -2.22. The quantitative estimate of drug-likeness (QED) is 0.173. The van der Waals surface area contributed by atoms with E-state index in [1.54, 1.807) is 0 Å². The lowest BCUT2D eigenvalue weighted by molar-refractivity contribution is 0.660. The Hall–Kier alpha value is -8.14. The Morgan fingerprint density at radius 3 is 1.81 bits per heavy atom. The predicted octanol–water partition coefficient (Wildman–Crippen LogP) is 16.0. The number of benzene rings is 10. The van der Waals surface area contributed by atoms with Gasteiger partial charge in [0.15, 0.2) is 5.82 Å². The molecule has 3 heteroatoms. The molecule has 1 aliphatic carbocycles. The van der Waals surface area contributed by atoms with Crippen LogP contribution in [-0.4, -0.2) is 14.5 Å². The van der Waals surface area contributed by atoms with Crippen molar-refractivity contribution in [3.63, 3.8) is 0 Å². The van der Waals surface area contributed by atoms with Crippen LogP contribution < -0.4 is 0 Å². The van der Waals surface area contributed by atoms with E-state index in [-0.39, 0.29) is 5.41 Å². The molecular formula is C61H41N3. The van der Waals surface area contributed by atoms with E-state index in [0.717, 1.165) is 50.3 Å². The Morgan fingerprint density at radius 2 is 1.00 bits per heavy atom. The summed E-state index contributed by atoms with van der Waals surface area (Å²) < 4.78 is 2.46. The number of hydrogen-bond acceptors (Lipinski definition) is 2. The Morgan fingerprint density at radius 1 is 0.375 bits per heavy atom. The second-order valence-electron chi connectivity index (χ2n) is 17.7. The van der Waals surface area contributed by atoms with Gasteiger partial charge in [0.25, 0.3) is 0 Å². The summed E-state index contributed by atoms with van der Waals surface area (Å²) in [4.78, 5) is 10.9. The van der Waals surface area contributed by atoms with E-state index < -0.39 is 0 Å². The van der Waals surface area contributed by atoms with Crippen LogP contribution in [0.15, 0.2) is 212 Å². The van der Waals surface area contributed by atoms with Gasteiger partial charge in [-0.2, -0.15) is 0 Å². The van der Waals surface area contributed by atoms with Gasteiger partial charge in [0, 0.05) is 38.4 Å². The summed E-state index contributed by atoms with van der Waals surface area (Å²) in [5.74, 6) is 0.722. The average Bonchev–Trinajstić information content (AvgIpc) is 3.82. The number of fused-ring (bicyclic) bond motifs is 11. The van der Waals surface area contributed by atoms with Gasteiger partial charge in [0.1, 0.15) is 0 Å². The van der Waals surface area contributed by atoms with Crippen molar-refractivity contribution < 1.29 is 0 Å². The molecule has 0 aliphatic heterocycles. The highest BCUT2D eigenvalue weighted by molar-refractivity contribution is 6.30. The molecule has 3 nitrogen and oxygen atoms in total. The first-order chi connectivity index (χ1) is 31.5. The van der Waals surface area contributed by atoms with E-state index in [4.69, 9.17) is 9.97 Å². The van der Waals surface area contributed by atoms with Crippen molar-refractivity contribution in [3.8, 4) is 61.7 Å². The summed E-state index contributed by atoms with van der Waals surface area (Å²) in [7, 11) is 0. The van der Waals surface area contributed by atoms with E-state index in [0.29, 0.717) is 0 Å². The van der Waals surface area contributed by atoms with Gasteiger partial charge in [-0.25, -0.2) is 9.97 Å². The second kappa shape index (κ2) is 13.9. The van der Waals surface area contributed by atoms with Crippen LogP contribution in [0.3, 0.4) is 0 Å². The highest BCUT2D eigenvalue weighted by atomic mass is 15.0. The van der Waals surface area contributed by atoms with Crippen LogP contribution in [0.1, 0.15) is 25.0 Å². The van der Waals surface area contributed by atoms with E-state index >= 15 is 0 Å². The van der Waals surface area contributed by atoms with Gasteiger partial charge in [-0.3, -0.25) is 0 Å². The molecule has 0 saturated carbocycles. The van der Waals surface area contributed by atoms with Crippen LogP contribution in [0.25, 0.3) is 116 Å². The predicted molar refractivity (Wildman–Crippen MR) is 268 cm³/mol. The molecule has 300 valence electrons. The zero-order valence-electron chi connectivity index (χ0n) is 35.5. The molecule has 0 bridgehead atoms. The summed E-state index contributed by atoms with van der Waals surface area (Å²) in [5, 5.41) is 8.48. The Labute approximate surface area is 371 Å². The third-order valence-electron chi connectivity index (χ3n) is 13.8. The molecule has 2 heterocycles. The van der Waals surface area contributed by atoms with Crippen molar-refractivity contribution in [3.05, 3.63) is 223 Å². The monoisotopic (exact) mass is 815 g/mol. The first-order valence-corrected chi connectivity index (χ1v) is 22.2. The fourth-order valence-electron chi connectivity index (χ4n) is 10.7. The molecule has 12 aromatic rings. The molecule has 0 fully saturated rings. The number of aromatic nitrogens is 3. The van der Waals surface area contributed by atoms with Gasteiger partial charge in [-0.05, 0) is 102 Å². The normalized spacial score (nSPS) is 13.0. The van der Waals surface area contributed by atoms with E-state index in [1.807, 2.05) is 0 Å². The minimum Gasteiger partial charge on any atom is -0.309 e. The fourth-order valence-corrected chi connectivity index (χ4v) is 10.7. The molecule has 64 heavy (non-hydrogen) atoms. The molecule has 1 aliphatic rings. The van der Waals surface area contributed by atoms with Gasteiger partial charge < -0.3 is 4.57 Å². The number of hydrogen-bond donors (Lipinski definition) is 0. The Kier molecular flexibility index (Phi) is 7.95. The van der Waals surface area contributed by atoms with Gasteiger partial charge in [-0.15, -0.1) is 0 Å². The number of nitrogens with zero attached hydrogens (tertiary/aromatic N) is 3. The van der Waals surface area contributed by atoms with Crippen molar-refractivity contribution in [2.45, 2.75) is 19.3 Å². The molecule has 0 N–H and O–H groups in total. The summed E-state index contributed by atoms with van der Waals surface area (Å²) in [6.07, 6.45) is 0. The first-order valence-electron chi connectivity index (χ1n) is 22.2. The molecule has 0 atom stereocenters. The summed E-state index contributed by atoms with van der Waals surface area (Å²) >= 11 is 0. The van der Waals surface area contributed by atoms with Gasteiger partial charge in [0.2, 0.25) is 0 Å². The zero-order chi connectivity index (χ0) is 42.5. The second-order valence-corrected chi connectivity index (χ2v) is 17.7. The van der Waals surface area contributed by atoms with Crippen LogP contribution in [0.2, 0.25) is 0 Å². The molecule has 2 aromatic heterocycles. The summed E-state index contributed by atoms with van der Waals surface area (Å²) in [6, 6.07) is 77.2. The molecule has 13 rings (SSSR count). The van der Waals surface area contributed by atoms with Crippen LogP contribution in [0.4, 0.5) is 0 Å². The molecule has 0 spiro atoms. The molecule has 0 radical (unpaired) electrons. The summed E-state index contributed by atoms with van der Waals surface area (Å²) in [5.41, 5.74) is 17.2. The van der Waals surface area contributed by atoms with Crippen molar-refractivity contribution in [1.82, 2.24) is 14.5 Å². The van der Waals surface area contributed by atoms with Crippen LogP contribution in [0, 0.1) is 0 Å². The van der Waals surface area contributed by atoms with Crippen molar-refractivity contribution in [2.24, 2.45) is 0 Å². The number of rotatable bonds is 5. The maximum absolute atomic E-state index is 5.53. The van der Waals surface area contributed by atoms with Crippen molar-refractivity contribution >= 4 is 54.3 Å². The topological polar surface area (TPSA) is 30.7 Å². The van der Waals surface area contributed by atoms with E-state index in [9.17, 15) is 0 Å². The standard InChI is InChI=1S/C61H41N3/c1-61(2)52-24-14-13-22-47(52)48-32-29-43(35-53(48)61)60-62-54-33-31-44(36-51(54)59(63-60)42-27-25-39(26-28-42)38-15-5-3-6-16-38)64-55-34-30-41-19-9-10-20-45(41)57(55)58-49-23-12-11-21-46(49)50(37-56(58)64)40-17-7-4-8-18-40/h3-37H,1-2H3. The minimum absolute atomic E-state index is 0.136. The van der Waals surface area contributed by atoms with Crippen LogP contribution in [0.5, 0.6) is 0 Å². The maximum Gasteiger partial charge on any atom is 0.160 e. The SMILES string of the molecule is CC1(C)c2ccccc2-c2ccc(-c3nc(-c4ccc(-c5ccccc5)cc4)c4cc(-n5c6ccc7ccccc7c6c6c7ccccc7c(-c7ccccc7)cc65)ccc4n3)cc21. The van der Waals surface area contributed by atoms with Crippen LogP contribution in [-0.2, 0) is 5.41 Å².